The minimum Gasteiger partial charge on any atom is -0.497 e. The number of carbonyl (C=O) groups is 1. The summed E-state index contributed by atoms with van der Waals surface area (Å²) in [6.07, 6.45) is 4.27. The smallest absolute Gasteiger partial charge is 0.226 e. The lowest BCUT2D eigenvalue weighted by molar-refractivity contribution is -0.132. The van der Waals surface area contributed by atoms with Crippen LogP contribution in [0.1, 0.15) is 18.4 Å². The number of likely N-dealkylation sites (tertiary alicyclic amines) is 1. The highest BCUT2D eigenvalue weighted by Crippen LogP contribution is 2.19. The van der Waals surface area contributed by atoms with E-state index in [-0.39, 0.29) is 5.91 Å². The summed E-state index contributed by atoms with van der Waals surface area (Å²) in [7, 11) is 1.64. The summed E-state index contributed by atoms with van der Waals surface area (Å²) in [5.74, 6) is 1.58. The van der Waals surface area contributed by atoms with Gasteiger partial charge in [-0.15, -0.1) is 6.58 Å². The zero-order valence-corrected chi connectivity index (χ0v) is 13.3. The summed E-state index contributed by atoms with van der Waals surface area (Å²) in [6, 6.07) is 7.69. The molecule has 0 spiro atoms. The van der Waals surface area contributed by atoms with Crippen molar-refractivity contribution in [1.29, 1.82) is 0 Å². The van der Waals surface area contributed by atoms with Crippen LogP contribution in [0.5, 0.6) is 5.75 Å². The number of nitrogens with zero attached hydrogens (tertiary/aromatic N) is 1. The number of hydrogen-bond donors (Lipinski definition) is 0. The molecule has 0 atom stereocenters. The molecule has 4 heteroatoms. The monoisotopic (exact) mass is 303 g/mol. The summed E-state index contributed by atoms with van der Waals surface area (Å²) < 4.78 is 10.6. The Kier molecular flexibility index (Phi) is 6.46. The van der Waals surface area contributed by atoms with Gasteiger partial charge in [-0.1, -0.05) is 18.2 Å². The van der Waals surface area contributed by atoms with E-state index in [9.17, 15) is 4.79 Å². The van der Waals surface area contributed by atoms with E-state index in [2.05, 4.69) is 6.58 Å². The third kappa shape index (κ3) is 4.88. The molecule has 0 unspecified atom stereocenters. The summed E-state index contributed by atoms with van der Waals surface area (Å²) in [4.78, 5) is 14.3. The molecule has 0 N–H and O–H groups in total. The van der Waals surface area contributed by atoms with E-state index < -0.39 is 0 Å². The molecule has 0 aliphatic carbocycles. The number of hydrogen-bond acceptors (Lipinski definition) is 3. The zero-order chi connectivity index (χ0) is 15.8. The van der Waals surface area contributed by atoms with Gasteiger partial charge < -0.3 is 14.4 Å². The first-order chi connectivity index (χ1) is 10.7. The lowest BCUT2D eigenvalue weighted by atomic mass is 9.97. The fourth-order valence-corrected chi connectivity index (χ4v) is 2.70. The molecule has 1 fully saturated rings. The molecule has 1 aromatic carbocycles. The van der Waals surface area contributed by atoms with Crippen molar-refractivity contribution in [3.8, 4) is 5.75 Å². The standard InChI is InChI=1S/C18H25NO3/c1-3-12-22-14-16-8-10-19(11-9-16)18(20)13-15-4-6-17(21-2)7-5-15/h3-7,16H,1,8-14H2,2H3. The Hall–Kier alpha value is -1.81. The fourth-order valence-electron chi connectivity index (χ4n) is 2.70. The number of rotatable bonds is 7. The van der Waals surface area contributed by atoms with Crippen molar-refractivity contribution in [3.63, 3.8) is 0 Å². The van der Waals surface area contributed by atoms with Crippen molar-refractivity contribution in [2.24, 2.45) is 5.92 Å². The van der Waals surface area contributed by atoms with Crippen LogP contribution in [-0.4, -0.2) is 44.2 Å². The minimum atomic E-state index is 0.204. The van der Waals surface area contributed by atoms with Gasteiger partial charge >= 0.3 is 0 Å². The molecule has 22 heavy (non-hydrogen) atoms. The summed E-state index contributed by atoms with van der Waals surface area (Å²) in [5, 5.41) is 0. The molecule has 0 saturated carbocycles. The lowest BCUT2D eigenvalue weighted by Gasteiger charge is -2.32. The van der Waals surface area contributed by atoms with Gasteiger partial charge in [0.25, 0.3) is 0 Å². The van der Waals surface area contributed by atoms with Crippen molar-refractivity contribution < 1.29 is 14.3 Å². The number of carbonyl (C=O) groups excluding carboxylic acids is 1. The van der Waals surface area contributed by atoms with Crippen molar-refractivity contribution in [2.45, 2.75) is 19.3 Å². The van der Waals surface area contributed by atoms with Gasteiger partial charge in [-0.3, -0.25) is 4.79 Å². The van der Waals surface area contributed by atoms with Crippen LogP contribution in [0.15, 0.2) is 36.9 Å². The number of piperidine rings is 1. The van der Waals surface area contributed by atoms with Crippen LogP contribution in [0.2, 0.25) is 0 Å². The Morgan fingerprint density at radius 3 is 2.59 bits per heavy atom. The summed E-state index contributed by atoms with van der Waals surface area (Å²) in [6.45, 7) is 6.68. The van der Waals surface area contributed by atoms with Gasteiger partial charge in [0.1, 0.15) is 5.75 Å². The Bertz CT molecular complexity index is 476. The first kappa shape index (κ1) is 16.6. The molecule has 2 rings (SSSR count). The second-order valence-corrected chi connectivity index (χ2v) is 5.68. The van der Waals surface area contributed by atoms with E-state index in [0.717, 1.165) is 43.9 Å². The van der Waals surface area contributed by atoms with Crippen molar-refractivity contribution >= 4 is 5.91 Å². The van der Waals surface area contributed by atoms with Gasteiger partial charge in [0.15, 0.2) is 0 Å². The molecule has 1 heterocycles. The third-order valence-electron chi connectivity index (χ3n) is 4.07. The highest BCUT2D eigenvalue weighted by Gasteiger charge is 2.22. The van der Waals surface area contributed by atoms with Crippen LogP contribution in [0.25, 0.3) is 0 Å². The second kappa shape index (κ2) is 8.59. The highest BCUT2D eigenvalue weighted by atomic mass is 16.5. The molecule has 1 amide bonds. The normalized spacial score (nSPS) is 15.6. The van der Waals surface area contributed by atoms with E-state index >= 15 is 0 Å². The highest BCUT2D eigenvalue weighted by molar-refractivity contribution is 5.78. The van der Waals surface area contributed by atoms with E-state index in [4.69, 9.17) is 9.47 Å². The van der Waals surface area contributed by atoms with Crippen molar-refractivity contribution in [2.75, 3.05) is 33.4 Å². The van der Waals surface area contributed by atoms with Gasteiger partial charge in [0.05, 0.1) is 20.1 Å². The molecule has 0 radical (unpaired) electrons. The van der Waals surface area contributed by atoms with E-state index in [1.54, 1.807) is 13.2 Å². The van der Waals surface area contributed by atoms with Gasteiger partial charge in [-0.05, 0) is 36.5 Å². The molecule has 1 aromatic rings. The average Bonchev–Trinajstić information content (AvgIpc) is 2.56. The predicted molar refractivity (Wildman–Crippen MR) is 87.0 cm³/mol. The Labute approximate surface area is 132 Å². The maximum absolute atomic E-state index is 12.3. The molecule has 120 valence electrons. The maximum Gasteiger partial charge on any atom is 0.226 e. The quantitative estimate of drug-likeness (QED) is 0.574. The third-order valence-corrected chi connectivity index (χ3v) is 4.07. The van der Waals surface area contributed by atoms with Crippen LogP contribution < -0.4 is 4.74 Å². The molecular weight excluding hydrogens is 278 g/mol. The second-order valence-electron chi connectivity index (χ2n) is 5.68. The molecule has 1 aliphatic rings. The van der Waals surface area contributed by atoms with Crippen molar-refractivity contribution in [1.82, 2.24) is 4.90 Å². The molecule has 1 saturated heterocycles. The predicted octanol–water partition coefficient (Wildman–Crippen LogP) is 2.68. The van der Waals surface area contributed by atoms with E-state index in [1.165, 1.54) is 0 Å². The first-order valence-corrected chi connectivity index (χ1v) is 7.82. The minimum absolute atomic E-state index is 0.204. The zero-order valence-electron chi connectivity index (χ0n) is 13.3. The van der Waals surface area contributed by atoms with Crippen LogP contribution >= 0.6 is 0 Å². The van der Waals surface area contributed by atoms with E-state index in [0.29, 0.717) is 18.9 Å². The van der Waals surface area contributed by atoms with Crippen LogP contribution in [-0.2, 0) is 16.0 Å². The van der Waals surface area contributed by atoms with Crippen molar-refractivity contribution in [3.05, 3.63) is 42.5 Å². The lowest BCUT2D eigenvalue weighted by Crippen LogP contribution is -2.40. The Balaban J connectivity index is 1.75. The number of benzene rings is 1. The van der Waals surface area contributed by atoms with Crippen LogP contribution in [0.4, 0.5) is 0 Å². The number of amides is 1. The average molecular weight is 303 g/mol. The van der Waals surface area contributed by atoms with Gasteiger partial charge in [0, 0.05) is 19.7 Å². The summed E-state index contributed by atoms with van der Waals surface area (Å²) >= 11 is 0. The molecule has 0 bridgehead atoms. The molecule has 0 aromatic heterocycles. The SMILES string of the molecule is C=CCOCC1CCN(C(=O)Cc2ccc(OC)cc2)CC1. The Morgan fingerprint density at radius 1 is 1.32 bits per heavy atom. The fraction of sp³-hybridized carbons (Fsp3) is 0.500. The topological polar surface area (TPSA) is 38.8 Å². The van der Waals surface area contributed by atoms with Crippen LogP contribution in [0, 0.1) is 5.92 Å². The molecule has 1 aliphatic heterocycles. The maximum atomic E-state index is 12.3. The largest absolute Gasteiger partial charge is 0.497 e. The Morgan fingerprint density at radius 2 is 2.00 bits per heavy atom. The molecular formula is C18H25NO3. The molecule has 4 nitrogen and oxygen atoms in total. The first-order valence-electron chi connectivity index (χ1n) is 7.82. The van der Waals surface area contributed by atoms with Gasteiger partial charge in [-0.25, -0.2) is 0 Å². The van der Waals surface area contributed by atoms with Gasteiger partial charge in [0.2, 0.25) is 5.91 Å². The van der Waals surface area contributed by atoms with Crippen LogP contribution in [0.3, 0.4) is 0 Å². The van der Waals surface area contributed by atoms with Gasteiger partial charge in [-0.2, -0.15) is 0 Å². The van der Waals surface area contributed by atoms with E-state index in [1.807, 2.05) is 29.2 Å². The number of ether oxygens (including phenoxy) is 2. The number of methoxy groups -OCH3 is 1. The summed E-state index contributed by atoms with van der Waals surface area (Å²) in [5.41, 5.74) is 1.03.